The van der Waals surface area contributed by atoms with E-state index in [1.165, 1.54) is 0 Å². The van der Waals surface area contributed by atoms with Crippen molar-refractivity contribution < 1.29 is 14.0 Å². The number of benzene rings is 3. The van der Waals surface area contributed by atoms with Crippen LogP contribution in [0.4, 0.5) is 0 Å². The number of furan rings is 1. The Morgan fingerprint density at radius 1 is 0.944 bits per heavy atom. The number of amides is 2. The summed E-state index contributed by atoms with van der Waals surface area (Å²) in [5, 5.41) is 3.93. The van der Waals surface area contributed by atoms with Crippen LogP contribution in [-0.4, -0.2) is 28.2 Å². The van der Waals surface area contributed by atoms with Gasteiger partial charge in [-0.15, -0.1) is 0 Å². The number of hydrogen-bond acceptors (Lipinski definition) is 3. The molecule has 3 aromatic carbocycles. The predicted octanol–water partition coefficient (Wildman–Crippen LogP) is 5.60. The lowest BCUT2D eigenvalue weighted by atomic mass is 9.93. The summed E-state index contributed by atoms with van der Waals surface area (Å²) >= 11 is 0. The molecule has 0 unspecified atom stereocenters. The molecule has 5 aromatic rings. The summed E-state index contributed by atoms with van der Waals surface area (Å²) in [4.78, 5) is 31.9. The Kier molecular flexibility index (Phi) is 5.41. The van der Waals surface area contributed by atoms with Crippen molar-refractivity contribution in [2.45, 2.75) is 19.5 Å². The largest absolute Gasteiger partial charge is 0.465 e. The number of aromatic nitrogens is 1. The second-order valence-corrected chi connectivity index (χ2v) is 9.04. The molecule has 1 aliphatic heterocycles. The number of hydrogen-bond donors (Lipinski definition) is 2. The molecular weight excluding hydrogens is 450 g/mol. The maximum absolute atomic E-state index is 13.6. The fraction of sp³-hybridized carbons (Fsp3) is 0.133. The van der Waals surface area contributed by atoms with Crippen molar-refractivity contribution in [3.05, 3.63) is 119 Å². The van der Waals surface area contributed by atoms with Gasteiger partial charge in [0, 0.05) is 22.0 Å². The number of aryl methyl sites for hydroxylation is 1. The lowest BCUT2D eigenvalue weighted by Crippen LogP contribution is -2.39. The number of rotatable bonds is 6. The summed E-state index contributed by atoms with van der Waals surface area (Å²) in [5.74, 6) is 1.08. The van der Waals surface area contributed by atoms with Crippen molar-refractivity contribution in [3.63, 3.8) is 0 Å². The smallest absolute Gasteiger partial charge is 0.255 e. The van der Waals surface area contributed by atoms with Crippen LogP contribution >= 0.6 is 0 Å². The molecule has 0 spiro atoms. The van der Waals surface area contributed by atoms with Crippen LogP contribution in [0, 0.1) is 6.92 Å². The highest BCUT2D eigenvalue weighted by molar-refractivity contribution is 6.03. The number of aromatic amines is 1. The van der Waals surface area contributed by atoms with E-state index in [0.29, 0.717) is 11.3 Å². The van der Waals surface area contributed by atoms with Crippen LogP contribution in [0.2, 0.25) is 0 Å². The van der Waals surface area contributed by atoms with Gasteiger partial charge in [-0.1, -0.05) is 66.7 Å². The number of carbonyl (C=O) groups is 2. The number of fused-ring (bicyclic) bond motifs is 2. The minimum absolute atomic E-state index is 0.0639. The quantitative estimate of drug-likeness (QED) is 0.336. The van der Waals surface area contributed by atoms with Gasteiger partial charge in [0.05, 0.1) is 18.3 Å². The highest BCUT2D eigenvalue weighted by atomic mass is 16.3. The van der Waals surface area contributed by atoms with Crippen molar-refractivity contribution in [1.29, 1.82) is 0 Å². The summed E-state index contributed by atoms with van der Waals surface area (Å²) in [6.07, 6.45) is 0. The Morgan fingerprint density at radius 2 is 1.69 bits per heavy atom. The molecule has 0 bridgehead atoms. The van der Waals surface area contributed by atoms with E-state index in [-0.39, 0.29) is 24.9 Å². The minimum Gasteiger partial charge on any atom is -0.465 e. The summed E-state index contributed by atoms with van der Waals surface area (Å²) in [6.45, 7) is 2.07. The van der Waals surface area contributed by atoms with Gasteiger partial charge in [0.1, 0.15) is 18.1 Å². The topological polar surface area (TPSA) is 78.3 Å². The number of carbonyl (C=O) groups excluding carboxylic acids is 2. The zero-order chi connectivity index (χ0) is 24.6. The third-order valence-electron chi connectivity index (χ3n) is 6.71. The van der Waals surface area contributed by atoms with E-state index >= 15 is 0 Å². The molecule has 1 atom stereocenters. The fourth-order valence-corrected chi connectivity index (χ4v) is 5.10. The van der Waals surface area contributed by atoms with Crippen LogP contribution in [0.5, 0.6) is 0 Å². The lowest BCUT2D eigenvalue weighted by molar-refractivity contribution is -0.122. The molecule has 2 amide bonds. The third kappa shape index (κ3) is 3.77. The highest BCUT2D eigenvalue weighted by Gasteiger charge is 2.40. The molecule has 6 heteroatoms. The number of H-pyrrole nitrogens is 1. The first-order chi connectivity index (χ1) is 17.6. The van der Waals surface area contributed by atoms with E-state index in [2.05, 4.69) is 28.5 Å². The minimum atomic E-state index is -0.406. The monoisotopic (exact) mass is 475 g/mol. The van der Waals surface area contributed by atoms with Crippen molar-refractivity contribution in [1.82, 2.24) is 15.2 Å². The van der Waals surface area contributed by atoms with E-state index in [9.17, 15) is 9.59 Å². The van der Waals surface area contributed by atoms with E-state index < -0.39 is 6.04 Å². The zero-order valence-electron chi connectivity index (χ0n) is 19.8. The van der Waals surface area contributed by atoms with Gasteiger partial charge in [-0.2, -0.15) is 0 Å². The number of para-hydroxylation sites is 1. The lowest BCUT2D eigenvalue weighted by Gasteiger charge is -2.26. The van der Waals surface area contributed by atoms with Crippen LogP contribution in [-0.2, 0) is 11.3 Å². The molecule has 6 nitrogen and oxygen atoms in total. The molecule has 178 valence electrons. The molecule has 2 N–H and O–H groups in total. The molecule has 0 saturated heterocycles. The van der Waals surface area contributed by atoms with Crippen molar-refractivity contribution in [2.75, 3.05) is 6.54 Å². The average Bonchev–Trinajstić information content (AvgIpc) is 3.58. The first-order valence-corrected chi connectivity index (χ1v) is 12.0. The average molecular weight is 476 g/mol. The van der Waals surface area contributed by atoms with Crippen LogP contribution in [0.3, 0.4) is 0 Å². The summed E-state index contributed by atoms with van der Waals surface area (Å²) in [6, 6.07) is 29.1. The third-order valence-corrected chi connectivity index (χ3v) is 6.71. The number of nitrogens with zero attached hydrogens (tertiary/aromatic N) is 1. The van der Waals surface area contributed by atoms with E-state index in [0.717, 1.165) is 39.0 Å². The fourth-order valence-electron chi connectivity index (χ4n) is 5.10. The van der Waals surface area contributed by atoms with Crippen LogP contribution in [0.1, 0.15) is 39.0 Å². The predicted molar refractivity (Wildman–Crippen MR) is 138 cm³/mol. The van der Waals surface area contributed by atoms with E-state index in [1.807, 2.05) is 79.7 Å². The zero-order valence-corrected chi connectivity index (χ0v) is 19.8. The summed E-state index contributed by atoms with van der Waals surface area (Å²) in [7, 11) is 0. The van der Waals surface area contributed by atoms with Crippen LogP contribution < -0.4 is 5.32 Å². The molecule has 0 radical (unpaired) electrons. The SMILES string of the molecule is Cc1ccc(CNC(=O)CN2C(=O)c3ccccc3[C@H]2c2c(-c3ccccc3)[nH]c3ccccc23)o1. The standard InChI is InChI=1S/C30H25N3O3/c1-19-15-16-21(36-19)17-31-26(34)18-33-29(22-11-5-6-12-23(22)30(33)35)27-24-13-7-8-14-25(24)32-28(27)20-9-3-2-4-10-20/h2-16,29,32H,17-18H2,1H3,(H,31,34)/t29-/m0/s1. The number of nitrogens with one attached hydrogen (secondary N) is 2. The molecule has 1 aliphatic rings. The van der Waals surface area contributed by atoms with E-state index in [4.69, 9.17) is 4.42 Å². The highest BCUT2D eigenvalue weighted by Crippen LogP contribution is 2.45. The first-order valence-electron chi connectivity index (χ1n) is 12.0. The maximum atomic E-state index is 13.6. The molecule has 2 aromatic heterocycles. The second kappa shape index (κ2) is 8.89. The first kappa shape index (κ1) is 21.9. The molecule has 6 rings (SSSR count). The normalized spacial score (nSPS) is 14.9. The van der Waals surface area contributed by atoms with Gasteiger partial charge in [0.15, 0.2) is 0 Å². The second-order valence-electron chi connectivity index (χ2n) is 9.04. The Balaban J connectivity index is 1.43. The Morgan fingerprint density at radius 3 is 2.50 bits per heavy atom. The Bertz CT molecular complexity index is 1580. The molecule has 36 heavy (non-hydrogen) atoms. The molecule has 3 heterocycles. The van der Waals surface area contributed by atoms with Gasteiger partial charge in [-0.25, -0.2) is 0 Å². The molecule has 0 fully saturated rings. The summed E-state index contributed by atoms with van der Waals surface area (Å²) in [5.41, 5.74) is 5.48. The van der Waals surface area contributed by atoms with Gasteiger partial charge >= 0.3 is 0 Å². The van der Waals surface area contributed by atoms with Gasteiger partial charge in [0.25, 0.3) is 5.91 Å². The van der Waals surface area contributed by atoms with Crippen LogP contribution in [0.25, 0.3) is 22.2 Å². The Hall–Kier alpha value is -4.58. The molecule has 0 saturated carbocycles. The van der Waals surface area contributed by atoms with Crippen molar-refractivity contribution in [2.24, 2.45) is 0 Å². The Labute approximate surface area is 208 Å². The van der Waals surface area contributed by atoms with E-state index in [1.54, 1.807) is 4.90 Å². The van der Waals surface area contributed by atoms with Crippen molar-refractivity contribution in [3.8, 4) is 11.3 Å². The molecule has 0 aliphatic carbocycles. The molecular formula is C30H25N3O3. The van der Waals surface area contributed by atoms with Crippen molar-refractivity contribution >= 4 is 22.7 Å². The summed E-state index contributed by atoms with van der Waals surface area (Å²) < 4.78 is 5.57. The van der Waals surface area contributed by atoms with Gasteiger partial charge in [-0.3, -0.25) is 9.59 Å². The van der Waals surface area contributed by atoms with Gasteiger partial charge in [0.2, 0.25) is 5.91 Å². The van der Waals surface area contributed by atoms with Gasteiger partial charge in [-0.05, 0) is 42.3 Å². The van der Waals surface area contributed by atoms with Gasteiger partial charge < -0.3 is 19.6 Å². The maximum Gasteiger partial charge on any atom is 0.255 e. The van der Waals surface area contributed by atoms with Crippen LogP contribution in [0.15, 0.2) is 95.4 Å².